The van der Waals surface area contributed by atoms with Crippen LogP contribution in [0.1, 0.15) is 23.2 Å². The van der Waals surface area contributed by atoms with Crippen LogP contribution < -0.4 is 0 Å². The first kappa shape index (κ1) is 13.5. The zero-order valence-electron chi connectivity index (χ0n) is 9.41. The molecule has 0 radical (unpaired) electrons. The molecule has 0 saturated carbocycles. The summed E-state index contributed by atoms with van der Waals surface area (Å²) in [7, 11) is 0. The summed E-state index contributed by atoms with van der Waals surface area (Å²) in [6.07, 6.45) is 0.521. The highest BCUT2D eigenvalue weighted by Crippen LogP contribution is 2.30. The van der Waals surface area contributed by atoms with Crippen LogP contribution in [0.4, 0.5) is 0 Å². The molecule has 0 spiro atoms. The fourth-order valence-corrected chi connectivity index (χ4v) is 2.44. The highest BCUT2D eigenvalue weighted by molar-refractivity contribution is 14.1. The maximum atomic E-state index is 11.0. The lowest BCUT2D eigenvalue weighted by molar-refractivity contribution is 0.0662. The van der Waals surface area contributed by atoms with E-state index in [1.54, 1.807) is 0 Å². The Morgan fingerprint density at radius 3 is 2.83 bits per heavy atom. The standard InChI is InChI=1S/C12H9BrINO3/c1-2-9-10(12(16)17)18-11(15-9)7-5-6(14)3-4-8(7)13/h3-5H,2H2,1H3,(H,16,17). The Labute approximate surface area is 126 Å². The van der Waals surface area contributed by atoms with E-state index in [0.29, 0.717) is 18.0 Å². The van der Waals surface area contributed by atoms with Crippen molar-refractivity contribution in [2.24, 2.45) is 0 Å². The number of aromatic nitrogens is 1. The molecule has 2 rings (SSSR count). The van der Waals surface area contributed by atoms with Crippen molar-refractivity contribution < 1.29 is 14.3 Å². The van der Waals surface area contributed by atoms with Gasteiger partial charge in [-0.25, -0.2) is 9.78 Å². The van der Waals surface area contributed by atoms with Crippen molar-refractivity contribution in [3.8, 4) is 11.5 Å². The van der Waals surface area contributed by atoms with Crippen LogP contribution >= 0.6 is 38.5 Å². The fourth-order valence-electron chi connectivity index (χ4n) is 1.54. The number of oxazole rings is 1. The van der Waals surface area contributed by atoms with Crippen molar-refractivity contribution in [3.05, 3.63) is 37.7 Å². The molecule has 1 aromatic carbocycles. The Hall–Kier alpha value is -0.890. The van der Waals surface area contributed by atoms with E-state index in [0.717, 1.165) is 13.6 Å². The van der Waals surface area contributed by atoms with Crippen LogP contribution in [0.3, 0.4) is 0 Å². The van der Waals surface area contributed by atoms with Gasteiger partial charge in [0.25, 0.3) is 0 Å². The van der Waals surface area contributed by atoms with Crippen LogP contribution in [-0.2, 0) is 6.42 Å². The van der Waals surface area contributed by atoms with Gasteiger partial charge in [0.2, 0.25) is 11.7 Å². The molecule has 6 heteroatoms. The normalized spacial score (nSPS) is 10.6. The van der Waals surface area contributed by atoms with Crippen molar-refractivity contribution in [2.45, 2.75) is 13.3 Å². The van der Waals surface area contributed by atoms with Gasteiger partial charge in [0.1, 0.15) is 0 Å². The summed E-state index contributed by atoms with van der Waals surface area (Å²) in [6, 6.07) is 5.71. The summed E-state index contributed by atoms with van der Waals surface area (Å²) in [5, 5.41) is 9.03. The average Bonchev–Trinajstić information content (AvgIpc) is 2.76. The van der Waals surface area contributed by atoms with Crippen LogP contribution in [0.15, 0.2) is 27.1 Å². The molecule has 18 heavy (non-hydrogen) atoms. The van der Waals surface area contributed by atoms with E-state index in [-0.39, 0.29) is 5.76 Å². The first-order chi connectivity index (χ1) is 8.52. The van der Waals surface area contributed by atoms with Gasteiger partial charge in [-0.3, -0.25) is 0 Å². The molecule has 2 aromatic rings. The Kier molecular flexibility index (Phi) is 4.06. The van der Waals surface area contributed by atoms with E-state index in [4.69, 9.17) is 9.52 Å². The zero-order chi connectivity index (χ0) is 13.3. The van der Waals surface area contributed by atoms with Crippen LogP contribution in [0.2, 0.25) is 0 Å². The molecule has 1 heterocycles. The van der Waals surface area contributed by atoms with Gasteiger partial charge in [0, 0.05) is 8.04 Å². The summed E-state index contributed by atoms with van der Waals surface area (Å²) in [6.45, 7) is 1.85. The Bertz CT molecular complexity index is 609. The number of hydrogen-bond acceptors (Lipinski definition) is 3. The molecule has 1 aromatic heterocycles. The predicted molar refractivity (Wildman–Crippen MR) is 78.7 cm³/mol. The Morgan fingerprint density at radius 1 is 1.56 bits per heavy atom. The molecule has 0 unspecified atom stereocenters. The van der Waals surface area contributed by atoms with E-state index in [1.165, 1.54) is 0 Å². The Morgan fingerprint density at radius 2 is 2.28 bits per heavy atom. The summed E-state index contributed by atoms with van der Waals surface area (Å²) in [5.74, 6) is -0.847. The van der Waals surface area contributed by atoms with Crippen LogP contribution in [0.25, 0.3) is 11.5 Å². The minimum Gasteiger partial charge on any atom is -0.475 e. The summed E-state index contributed by atoms with van der Waals surface area (Å²) < 4.78 is 7.19. The van der Waals surface area contributed by atoms with Gasteiger partial charge in [-0.15, -0.1) is 0 Å². The number of carbonyl (C=O) groups is 1. The van der Waals surface area contributed by atoms with Gasteiger partial charge in [0.05, 0.1) is 11.3 Å². The van der Waals surface area contributed by atoms with Gasteiger partial charge in [0.15, 0.2) is 0 Å². The lowest BCUT2D eigenvalue weighted by Gasteiger charge is -2.00. The van der Waals surface area contributed by atoms with Crippen molar-refractivity contribution in [2.75, 3.05) is 0 Å². The molecule has 0 saturated heterocycles. The lowest BCUT2D eigenvalue weighted by atomic mass is 10.2. The molecule has 0 aliphatic rings. The quantitative estimate of drug-likeness (QED) is 0.761. The van der Waals surface area contributed by atoms with E-state index in [2.05, 4.69) is 43.5 Å². The first-order valence-corrected chi connectivity index (χ1v) is 7.08. The first-order valence-electron chi connectivity index (χ1n) is 5.21. The van der Waals surface area contributed by atoms with Crippen molar-refractivity contribution in [1.29, 1.82) is 0 Å². The average molecular weight is 422 g/mol. The molecule has 0 aliphatic heterocycles. The van der Waals surface area contributed by atoms with E-state index in [1.807, 2.05) is 25.1 Å². The third-order valence-electron chi connectivity index (χ3n) is 2.39. The second-order valence-electron chi connectivity index (χ2n) is 3.58. The third kappa shape index (κ3) is 2.59. The maximum absolute atomic E-state index is 11.0. The van der Waals surface area contributed by atoms with E-state index < -0.39 is 5.97 Å². The number of hydrogen-bond donors (Lipinski definition) is 1. The number of benzene rings is 1. The second-order valence-corrected chi connectivity index (χ2v) is 5.68. The van der Waals surface area contributed by atoms with Crippen molar-refractivity contribution in [1.82, 2.24) is 4.98 Å². The highest BCUT2D eigenvalue weighted by atomic mass is 127. The molecule has 0 bridgehead atoms. The SMILES string of the molecule is CCc1nc(-c2cc(I)ccc2Br)oc1C(=O)O. The molecule has 0 fully saturated rings. The third-order valence-corrected chi connectivity index (χ3v) is 3.75. The number of nitrogens with zero attached hydrogens (tertiary/aromatic N) is 1. The number of halogens is 2. The van der Waals surface area contributed by atoms with Crippen molar-refractivity contribution in [3.63, 3.8) is 0 Å². The number of aromatic carboxylic acids is 1. The lowest BCUT2D eigenvalue weighted by Crippen LogP contribution is -1.98. The summed E-state index contributed by atoms with van der Waals surface area (Å²) in [4.78, 5) is 15.3. The van der Waals surface area contributed by atoms with Crippen LogP contribution in [0.5, 0.6) is 0 Å². The van der Waals surface area contributed by atoms with Crippen LogP contribution in [0, 0.1) is 3.57 Å². The molecular formula is C12H9BrINO3. The fraction of sp³-hybridized carbons (Fsp3) is 0.167. The maximum Gasteiger partial charge on any atom is 0.373 e. The molecular weight excluding hydrogens is 413 g/mol. The monoisotopic (exact) mass is 421 g/mol. The van der Waals surface area contributed by atoms with Gasteiger partial charge in [-0.2, -0.15) is 0 Å². The van der Waals surface area contributed by atoms with Gasteiger partial charge < -0.3 is 9.52 Å². The number of carboxylic acids is 1. The highest BCUT2D eigenvalue weighted by Gasteiger charge is 2.20. The molecule has 0 amide bonds. The molecule has 0 aliphatic carbocycles. The number of carboxylic acid groups (broad SMARTS) is 1. The van der Waals surface area contributed by atoms with Crippen LogP contribution in [-0.4, -0.2) is 16.1 Å². The molecule has 4 nitrogen and oxygen atoms in total. The second kappa shape index (κ2) is 5.40. The van der Waals surface area contributed by atoms with E-state index in [9.17, 15) is 4.79 Å². The van der Waals surface area contributed by atoms with Gasteiger partial charge in [-0.1, -0.05) is 6.92 Å². The zero-order valence-corrected chi connectivity index (χ0v) is 13.1. The molecule has 1 N–H and O–H groups in total. The minimum atomic E-state index is -1.09. The Balaban J connectivity index is 2.57. The predicted octanol–water partition coefficient (Wildman–Crippen LogP) is 3.97. The van der Waals surface area contributed by atoms with Crippen molar-refractivity contribution >= 4 is 44.5 Å². The van der Waals surface area contributed by atoms with E-state index >= 15 is 0 Å². The smallest absolute Gasteiger partial charge is 0.373 e. The largest absolute Gasteiger partial charge is 0.475 e. The molecule has 94 valence electrons. The summed E-state index contributed by atoms with van der Waals surface area (Å²) in [5.41, 5.74) is 1.22. The number of rotatable bonds is 3. The minimum absolute atomic E-state index is 0.0849. The van der Waals surface area contributed by atoms with Gasteiger partial charge >= 0.3 is 5.97 Å². The van der Waals surface area contributed by atoms with Gasteiger partial charge in [-0.05, 0) is 63.1 Å². The number of aryl methyl sites for hydroxylation is 1. The topological polar surface area (TPSA) is 63.3 Å². The molecule has 0 atom stereocenters. The summed E-state index contributed by atoms with van der Waals surface area (Å²) >= 11 is 5.59.